The van der Waals surface area contributed by atoms with Crippen molar-refractivity contribution in [1.29, 1.82) is 0 Å². The summed E-state index contributed by atoms with van der Waals surface area (Å²) in [6.45, 7) is 3.43. The summed E-state index contributed by atoms with van der Waals surface area (Å²) in [5, 5.41) is 5.67. The van der Waals surface area contributed by atoms with E-state index in [9.17, 15) is 9.59 Å². The summed E-state index contributed by atoms with van der Waals surface area (Å²) in [5.74, 6) is 0.785. The molecule has 0 aliphatic carbocycles. The third-order valence-corrected chi connectivity index (χ3v) is 6.53. The Bertz CT molecular complexity index is 1100. The zero-order valence-electron chi connectivity index (χ0n) is 19.4. The molecule has 34 heavy (non-hydrogen) atoms. The number of anilines is 2. The van der Waals surface area contributed by atoms with Gasteiger partial charge >= 0.3 is 0 Å². The molecule has 1 aliphatic rings. The fraction of sp³-hybridized carbons (Fsp3) is 0.320. The van der Waals surface area contributed by atoms with Gasteiger partial charge in [-0.2, -0.15) is 0 Å². The molecule has 3 aromatic rings. The number of hydrogen-bond donors (Lipinski definition) is 1. The van der Waals surface area contributed by atoms with Gasteiger partial charge in [0.15, 0.2) is 5.13 Å². The van der Waals surface area contributed by atoms with Gasteiger partial charge in [-0.1, -0.05) is 30.3 Å². The minimum atomic E-state index is -0.0776. The molecular weight excluding hydrogens is 450 g/mol. The molecule has 8 nitrogen and oxygen atoms in total. The number of carbonyl (C=O) groups is 2. The van der Waals surface area contributed by atoms with Gasteiger partial charge in [0, 0.05) is 50.8 Å². The van der Waals surface area contributed by atoms with E-state index in [0.29, 0.717) is 50.1 Å². The van der Waals surface area contributed by atoms with E-state index in [4.69, 9.17) is 4.74 Å². The van der Waals surface area contributed by atoms with Gasteiger partial charge in [0.05, 0.1) is 13.7 Å². The summed E-state index contributed by atoms with van der Waals surface area (Å²) in [5.41, 5.74) is 2.43. The molecule has 0 saturated carbocycles. The minimum Gasteiger partial charge on any atom is -0.497 e. The lowest BCUT2D eigenvalue weighted by atomic mass is 10.2. The molecule has 0 radical (unpaired) electrons. The predicted molar refractivity (Wildman–Crippen MR) is 134 cm³/mol. The van der Waals surface area contributed by atoms with Crippen LogP contribution in [0.5, 0.6) is 5.75 Å². The maximum absolute atomic E-state index is 12.9. The van der Waals surface area contributed by atoms with Crippen molar-refractivity contribution in [2.45, 2.75) is 6.54 Å². The highest BCUT2D eigenvalue weighted by molar-refractivity contribution is 7.14. The summed E-state index contributed by atoms with van der Waals surface area (Å²) in [7, 11) is 3.46. The Hall–Kier alpha value is -3.43. The summed E-state index contributed by atoms with van der Waals surface area (Å²) in [6, 6.07) is 17.5. The van der Waals surface area contributed by atoms with E-state index >= 15 is 0 Å². The average Bonchev–Trinajstić information content (AvgIpc) is 3.33. The number of likely N-dealkylation sites (N-methyl/N-ethyl adjacent to an activating group) is 1. The number of amides is 2. The van der Waals surface area contributed by atoms with Gasteiger partial charge in [0.1, 0.15) is 11.4 Å². The number of aromatic nitrogens is 1. The molecule has 0 bridgehead atoms. The molecule has 0 atom stereocenters. The van der Waals surface area contributed by atoms with Crippen LogP contribution in [0.2, 0.25) is 0 Å². The summed E-state index contributed by atoms with van der Waals surface area (Å²) >= 11 is 1.40. The number of nitrogens with one attached hydrogen (secondary N) is 1. The van der Waals surface area contributed by atoms with Crippen molar-refractivity contribution in [2.24, 2.45) is 0 Å². The molecular formula is C25H29N5O3S. The SMILES string of the molecule is COc1ccc(Nc2nc(C(=O)N3CCN(CC(=O)N(C)Cc4ccccc4)CC3)cs2)cc1. The topological polar surface area (TPSA) is 78.0 Å². The first kappa shape index (κ1) is 23.7. The first-order chi connectivity index (χ1) is 16.5. The summed E-state index contributed by atoms with van der Waals surface area (Å²) in [6.07, 6.45) is 0. The van der Waals surface area contributed by atoms with Gasteiger partial charge in [-0.3, -0.25) is 14.5 Å². The smallest absolute Gasteiger partial charge is 0.273 e. The molecule has 1 saturated heterocycles. The number of carbonyl (C=O) groups excluding carboxylic acids is 2. The van der Waals surface area contributed by atoms with Crippen molar-refractivity contribution in [2.75, 3.05) is 52.2 Å². The lowest BCUT2D eigenvalue weighted by Crippen LogP contribution is -2.51. The van der Waals surface area contributed by atoms with Gasteiger partial charge < -0.3 is 19.9 Å². The second kappa shape index (κ2) is 11.1. The molecule has 2 amide bonds. The number of nitrogens with zero attached hydrogens (tertiary/aromatic N) is 4. The van der Waals surface area contributed by atoms with E-state index in [1.807, 2.05) is 61.6 Å². The van der Waals surface area contributed by atoms with Crippen molar-refractivity contribution in [3.63, 3.8) is 0 Å². The highest BCUT2D eigenvalue weighted by Crippen LogP contribution is 2.23. The largest absolute Gasteiger partial charge is 0.497 e. The Labute approximate surface area is 203 Å². The van der Waals surface area contributed by atoms with Gasteiger partial charge in [0.2, 0.25) is 5.91 Å². The molecule has 2 aromatic carbocycles. The van der Waals surface area contributed by atoms with Crippen LogP contribution in [0, 0.1) is 0 Å². The monoisotopic (exact) mass is 479 g/mol. The number of hydrogen-bond acceptors (Lipinski definition) is 7. The van der Waals surface area contributed by atoms with Gasteiger partial charge in [-0.15, -0.1) is 11.3 Å². The van der Waals surface area contributed by atoms with E-state index in [0.717, 1.165) is 17.0 Å². The molecule has 4 rings (SSSR count). The quantitative estimate of drug-likeness (QED) is 0.534. The zero-order chi connectivity index (χ0) is 23.9. The number of rotatable bonds is 8. The Morgan fingerprint density at radius 3 is 2.44 bits per heavy atom. The Balaban J connectivity index is 1.24. The minimum absolute atomic E-state index is 0.0776. The van der Waals surface area contributed by atoms with Crippen LogP contribution in [0.15, 0.2) is 60.0 Å². The van der Waals surface area contributed by atoms with Gasteiger partial charge in [0.25, 0.3) is 5.91 Å². The van der Waals surface area contributed by atoms with E-state index in [1.54, 1.807) is 22.3 Å². The fourth-order valence-electron chi connectivity index (χ4n) is 3.76. The van der Waals surface area contributed by atoms with Crippen LogP contribution in [0.3, 0.4) is 0 Å². The van der Waals surface area contributed by atoms with Gasteiger partial charge in [-0.05, 0) is 29.8 Å². The number of ether oxygens (including phenoxy) is 1. The molecule has 1 fully saturated rings. The fourth-order valence-corrected chi connectivity index (χ4v) is 4.46. The van der Waals surface area contributed by atoms with E-state index in [1.165, 1.54) is 11.3 Å². The number of methoxy groups -OCH3 is 1. The Morgan fingerprint density at radius 2 is 1.76 bits per heavy atom. The molecule has 1 aliphatic heterocycles. The second-order valence-corrected chi connectivity index (χ2v) is 9.05. The zero-order valence-corrected chi connectivity index (χ0v) is 20.3. The average molecular weight is 480 g/mol. The summed E-state index contributed by atoms with van der Waals surface area (Å²) < 4.78 is 5.17. The van der Waals surface area contributed by atoms with Crippen LogP contribution < -0.4 is 10.1 Å². The van der Waals surface area contributed by atoms with E-state index < -0.39 is 0 Å². The molecule has 0 unspecified atom stereocenters. The molecule has 178 valence electrons. The molecule has 9 heteroatoms. The standard InChI is InChI=1S/C25H29N5O3S/c1-28(16-19-6-4-3-5-7-19)23(31)17-29-12-14-30(15-13-29)24(32)22-18-34-25(27-22)26-20-8-10-21(33-2)11-9-20/h3-11,18H,12-17H2,1-2H3,(H,26,27). The normalized spacial score (nSPS) is 14.0. The number of piperazine rings is 1. The van der Waals surface area contributed by atoms with Crippen molar-refractivity contribution in [3.8, 4) is 5.75 Å². The van der Waals surface area contributed by atoms with Crippen molar-refractivity contribution in [3.05, 3.63) is 71.2 Å². The first-order valence-electron chi connectivity index (χ1n) is 11.2. The van der Waals surface area contributed by atoms with E-state index in [-0.39, 0.29) is 11.8 Å². The third kappa shape index (κ3) is 6.12. The highest BCUT2D eigenvalue weighted by atomic mass is 32.1. The van der Waals surface area contributed by atoms with Crippen molar-refractivity contribution >= 4 is 34.0 Å². The van der Waals surface area contributed by atoms with Crippen LogP contribution in [0.4, 0.5) is 10.8 Å². The van der Waals surface area contributed by atoms with Crippen LogP contribution in [-0.4, -0.2) is 78.4 Å². The Morgan fingerprint density at radius 1 is 1.06 bits per heavy atom. The van der Waals surface area contributed by atoms with Crippen molar-refractivity contribution < 1.29 is 14.3 Å². The highest BCUT2D eigenvalue weighted by Gasteiger charge is 2.25. The molecule has 2 heterocycles. The van der Waals surface area contributed by atoms with Gasteiger partial charge in [-0.25, -0.2) is 4.98 Å². The summed E-state index contributed by atoms with van der Waals surface area (Å²) in [4.78, 5) is 35.7. The maximum atomic E-state index is 12.9. The van der Waals surface area contributed by atoms with Crippen LogP contribution in [0.25, 0.3) is 0 Å². The predicted octanol–water partition coefficient (Wildman–Crippen LogP) is 3.31. The molecule has 1 aromatic heterocycles. The van der Waals surface area contributed by atoms with Crippen LogP contribution >= 0.6 is 11.3 Å². The first-order valence-corrected chi connectivity index (χ1v) is 12.1. The van der Waals surface area contributed by atoms with Crippen molar-refractivity contribution in [1.82, 2.24) is 19.7 Å². The second-order valence-electron chi connectivity index (χ2n) is 8.20. The Kier molecular flexibility index (Phi) is 7.76. The molecule has 0 spiro atoms. The molecule has 1 N–H and O–H groups in total. The lowest BCUT2D eigenvalue weighted by Gasteiger charge is -2.34. The number of benzene rings is 2. The lowest BCUT2D eigenvalue weighted by molar-refractivity contribution is -0.132. The third-order valence-electron chi connectivity index (χ3n) is 5.77. The van der Waals surface area contributed by atoms with Crippen LogP contribution in [0.1, 0.15) is 16.1 Å². The number of thiazole rings is 1. The van der Waals surface area contributed by atoms with Crippen LogP contribution in [-0.2, 0) is 11.3 Å². The van der Waals surface area contributed by atoms with E-state index in [2.05, 4.69) is 15.2 Å². The maximum Gasteiger partial charge on any atom is 0.273 e.